The predicted molar refractivity (Wildman–Crippen MR) is 87.0 cm³/mol. The summed E-state index contributed by atoms with van der Waals surface area (Å²) in [6.45, 7) is 0. The summed E-state index contributed by atoms with van der Waals surface area (Å²) in [7, 11) is 0. The van der Waals surface area contributed by atoms with E-state index in [1.807, 2.05) is 0 Å². The third-order valence-corrected chi connectivity index (χ3v) is 4.92. The Morgan fingerprint density at radius 3 is 2.67 bits per heavy atom. The van der Waals surface area contributed by atoms with Crippen LogP contribution in [0.1, 0.15) is 37.3 Å². The zero-order valence-electron chi connectivity index (χ0n) is 11.0. The van der Waals surface area contributed by atoms with Crippen LogP contribution in [0.4, 0.5) is 0 Å². The highest BCUT2D eigenvalue weighted by Gasteiger charge is 2.24. The third kappa shape index (κ3) is 3.00. The first kappa shape index (κ1) is 15.0. The summed E-state index contributed by atoms with van der Waals surface area (Å²) >= 11 is 15.3. The molecule has 7 heteroatoms. The van der Waals surface area contributed by atoms with Gasteiger partial charge in [-0.15, -0.1) is 0 Å². The van der Waals surface area contributed by atoms with Gasteiger partial charge in [-0.1, -0.05) is 36.0 Å². The molecular formula is C14H12BrCl2N3O. The van der Waals surface area contributed by atoms with E-state index in [2.05, 4.69) is 30.9 Å². The molecule has 1 aliphatic rings. The van der Waals surface area contributed by atoms with Crippen molar-refractivity contribution in [1.82, 2.24) is 15.0 Å². The summed E-state index contributed by atoms with van der Waals surface area (Å²) in [6, 6.07) is 1.59. The van der Waals surface area contributed by atoms with E-state index in [0.29, 0.717) is 32.0 Å². The number of nitrogens with one attached hydrogen (secondary N) is 1. The maximum Gasteiger partial charge on any atom is 0.265 e. The van der Waals surface area contributed by atoms with Crippen molar-refractivity contribution in [2.24, 2.45) is 0 Å². The highest BCUT2D eigenvalue weighted by Crippen LogP contribution is 2.36. The average Bonchev–Trinajstić information content (AvgIpc) is 2.96. The quantitative estimate of drug-likeness (QED) is 0.820. The largest absolute Gasteiger partial charge is 0.304 e. The van der Waals surface area contributed by atoms with E-state index in [4.69, 9.17) is 23.2 Å². The molecule has 0 spiro atoms. The highest BCUT2D eigenvalue weighted by molar-refractivity contribution is 9.10. The number of nitrogens with zero attached hydrogens (tertiary/aromatic N) is 2. The first-order chi connectivity index (χ1) is 10.1. The molecule has 2 heterocycles. The van der Waals surface area contributed by atoms with E-state index in [-0.39, 0.29) is 5.56 Å². The van der Waals surface area contributed by atoms with Crippen LogP contribution < -0.4 is 5.56 Å². The van der Waals surface area contributed by atoms with Crippen molar-refractivity contribution >= 4 is 39.1 Å². The second-order valence-electron chi connectivity index (χ2n) is 5.08. The molecule has 0 aliphatic heterocycles. The summed E-state index contributed by atoms with van der Waals surface area (Å²) in [6.07, 6.45) is 5.92. The Balaban J connectivity index is 2.13. The molecule has 21 heavy (non-hydrogen) atoms. The molecule has 0 unspecified atom stereocenters. The Bertz CT molecular complexity index is 741. The number of aromatic nitrogens is 3. The van der Waals surface area contributed by atoms with Crippen molar-refractivity contribution in [3.8, 4) is 11.5 Å². The van der Waals surface area contributed by atoms with Gasteiger partial charge >= 0.3 is 0 Å². The van der Waals surface area contributed by atoms with Gasteiger partial charge in [0.1, 0.15) is 10.2 Å². The Hall–Kier alpha value is -0.910. The van der Waals surface area contributed by atoms with Crippen molar-refractivity contribution in [1.29, 1.82) is 0 Å². The average molecular weight is 389 g/mol. The Morgan fingerprint density at radius 1 is 1.29 bits per heavy atom. The molecule has 4 nitrogen and oxygen atoms in total. The van der Waals surface area contributed by atoms with Gasteiger partial charge in [-0.05, 0) is 34.8 Å². The van der Waals surface area contributed by atoms with Crippen LogP contribution in [0.2, 0.25) is 10.0 Å². The molecule has 1 saturated carbocycles. The van der Waals surface area contributed by atoms with Crippen LogP contribution in [0.25, 0.3) is 11.5 Å². The van der Waals surface area contributed by atoms with Crippen LogP contribution in [-0.4, -0.2) is 15.0 Å². The zero-order valence-corrected chi connectivity index (χ0v) is 14.1. The minimum atomic E-state index is -0.213. The topological polar surface area (TPSA) is 58.6 Å². The summed E-state index contributed by atoms with van der Waals surface area (Å²) in [5.74, 6) is 0.693. The molecule has 1 fully saturated rings. The van der Waals surface area contributed by atoms with Gasteiger partial charge in [0.15, 0.2) is 5.82 Å². The van der Waals surface area contributed by atoms with E-state index in [9.17, 15) is 4.79 Å². The van der Waals surface area contributed by atoms with Crippen molar-refractivity contribution in [2.45, 2.75) is 31.6 Å². The smallest absolute Gasteiger partial charge is 0.265 e. The molecule has 0 atom stereocenters. The van der Waals surface area contributed by atoms with Crippen LogP contribution in [0.5, 0.6) is 0 Å². The first-order valence-corrected chi connectivity index (χ1v) is 8.22. The summed E-state index contributed by atoms with van der Waals surface area (Å²) in [4.78, 5) is 23.6. The van der Waals surface area contributed by atoms with Crippen molar-refractivity contribution in [3.05, 3.63) is 42.8 Å². The number of H-pyrrole nitrogens is 1. The van der Waals surface area contributed by atoms with Gasteiger partial charge in [0.2, 0.25) is 0 Å². The number of aromatic amines is 1. The molecule has 0 radical (unpaired) electrons. The van der Waals surface area contributed by atoms with Gasteiger partial charge in [-0.2, -0.15) is 0 Å². The fraction of sp³-hybridized carbons (Fsp3) is 0.357. The Labute approximate surface area is 140 Å². The van der Waals surface area contributed by atoms with Gasteiger partial charge in [-0.25, -0.2) is 9.97 Å². The van der Waals surface area contributed by atoms with E-state index >= 15 is 0 Å². The van der Waals surface area contributed by atoms with Crippen LogP contribution >= 0.6 is 39.1 Å². The number of hydrogen-bond donors (Lipinski definition) is 1. The Kier molecular flexibility index (Phi) is 4.33. The summed E-state index contributed by atoms with van der Waals surface area (Å²) in [5.41, 5.74) is 1.01. The van der Waals surface area contributed by atoms with Crippen LogP contribution in [0, 0.1) is 0 Å². The number of rotatable bonds is 2. The summed E-state index contributed by atoms with van der Waals surface area (Å²) in [5, 5.41) is 0.810. The van der Waals surface area contributed by atoms with E-state index < -0.39 is 0 Å². The second kappa shape index (κ2) is 6.07. The van der Waals surface area contributed by atoms with Crippen LogP contribution in [0.3, 0.4) is 0 Å². The van der Waals surface area contributed by atoms with Crippen molar-refractivity contribution in [2.75, 3.05) is 0 Å². The van der Waals surface area contributed by atoms with Crippen molar-refractivity contribution in [3.63, 3.8) is 0 Å². The fourth-order valence-electron chi connectivity index (χ4n) is 2.65. The summed E-state index contributed by atoms with van der Waals surface area (Å²) < 4.78 is 0.503. The lowest BCUT2D eigenvalue weighted by Crippen LogP contribution is -2.15. The standard InChI is InChI=1S/C14H12BrCl2N3O/c15-10-11(7-3-1-2-4-7)19-13(20-14(10)21)12-9(17)5-8(16)6-18-12/h5-7H,1-4H2,(H,19,20,21). The van der Waals surface area contributed by atoms with Gasteiger partial charge in [-0.3, -0.25) is 4.79 Å². The first-order valence-electron chi connectivity index (χ1n) is 6.67. The van der Waals surface area contributed by atoms with E-state index in [1.165, 1.54) is 19.0 Å². The molecule has 2 aromatic rings. The number of halogens is 3. The fourth-order valence-corrected chi connectivity index (χ4v) is 3.63. The van der Waals surface area contributed by atoms with Gasteiger partial charge in [0.05, 0.1) is 15.7 Å². The van der Waals surface area contributed by atoms with Gasteiger partial charge in [0, 0.05) is 12.1 Å². The van der Waals surface area contributed by atoms with Crippen molar-refractivity contribution < 1.29 is 0 Å². The maximum atomic E-state index is 12.1. The SMILES string of the molecule is O=c1[nH]c(-c2ncc(Cl)cc2Cl)nc(C2CCCC2)c1Br. The van der Waals surface area contributed by atoms with Crippen LogP contribution in [-0.2, 0) is 0 Å². The maximum absolute atomic E-state index is 12.1. The molecular weight excluding hydrogens is 377 g/mol. The monoisotopic (exact) mass is 387 g/mol. The minimum absolute atomic E-state index is 0.213. The van der Waals surface area contributed by atoms with E-state index in [1.54, 1.807) is 6.07 Å². The molecule has 110 valence electrons. The number of pyridine rings is 1. The molecule has 0 amide bonds. The molecule has 2 aromatic heterocycles. The molecule has 1 aliphatic carbocycles. The van der Waals surface area contributed by atoms with Gasteiger partial charge in [0.25, 0.3) is 5.56 Å². The highest BCUT2D eigenvalue weighted by atomic mass is 79.9. The predicted octanol–water partition coefficient (Wildman–Crippen LogP) is 4.56. The number of hydrogen-bond acceptors (Lipinski definition) is 3. The zero-order chi connectivity index (χ0) is 15.0. The Morgan fingerprint density at radius 2 is 2.00 bits per heavy atom. The second-order valence-corrected chi connectivity index (χ2v) is 6.72. The molecule has 0 aromatic carbocycles. The molecule has 3 rings (SSSR count). The third-order valence-electron chi connectivity index (χ3n) is 3.66. The lowest BCUT2D eigenvalue weighted by Gasteiger charge is -2.12. The lowest BCUT2D eigenvalue weighted by molar-refractivity contribution is 0.688. The molecule has 0 saturated heterocycles. The molecule has 1 N–H and O–H groups in total. The van der Waals surface area contributed by atoms with Crippen LogP contribution in [0.15, 0.2) is 21.5 Å². The van der Waals surface area contributed by atoms with Gasteiger partial charge < -0.3 is 4.98 Å². The minimum Gasteiger partial charge on any atom is -0.304 e. The normalized spacial score (nSPS) is 15.6. The van der Waals surface area contributed by atoms with E-state index in [0.717, 1.165) is 18.5 Å². The molecule has 0 bridgehead atoms. The lowest BCUT2D eigenvalue weighted by atomic mass is 10.0.